The van der Waals surface area contributed by atoms with Crippen molar-refractivity contribution >= 4 is 39.5 Å². The molecule has 0 radical (unpaired) electrons. The molecule has 11 heteroatoms. The molecule has 0 bridgehead atoms. The molecule has 1 aromatic carbocycles. The molecule has 2 N–H and O–H groups in total. The van der Waals surface area contributed by atoms with Crippen LogP contribution >= 0.6 is 11.3 Å². The summed E-state index contributed by atoms with van der Waals surface area (Å²) in [5, 5.41) is 6.02. The summed E-state index contributed by atoms with van der Waals surface area (Å²) < 4.78 is 19.7. The number of nitrogens with zero attached hydrogens (tertiary/aromatic N) is 4. The molecule has 4 aromatic rings. The number of ether oxygens (including phenoxy) is 1. The van der Waals surface area contributed by atoms with Gasteiger partial charge in [-0.1, -0.05) is 30.3 Å². The molecule has 0 aliphatic carbocycles. The molecule has 1 fully saturated rings. The van der Waals surface area contributed by atoms with Crippen LogP contribution in [0, 0.1) is 12.7 Å². The minimum absolute atomic E-state index is 0.179. The number of pyridine rings is 1. The maximum absolute atomic E-state index is 13.6. The summed E-state index contributed by atoms with van der Waals surface area (Å²) in [5.74, 6) is -0.393. The lowest BCUT2D eigenvalue weighted by Gasteiger charge is -2.18. The Morgan fingerprint density at radius 1 is 1.21 bits per heavy atom. The van der Waals surface area contributed by atoms with Crippen LogP contribution in [0.15, 0.2) is 54.9 Å². The normalized spacial score (nSPS) is 15.9. The summed E-state index contributed by atoms with van der Waals surface area (Å²) in [4.78, 5) is 41.6. The van der Waals surface area contributed by atoms with E-state index in [4.69, 9.17) is 4.74 Å². The third-order valence-electron chi connectivity index (χ3n) is 6.28. The van der Waals surface area contributed by atoms with Gasteiger partial charge in [0.2, 0.25) is 5.95 Å². The molecule has 196 valence electrons. The second-order valence-corrected chi connectivity index (χ2v) is 10.5. The van der Waals surface area contributed by atoms with Gasteiger partial charge in [0.15, 0.2) is 5.69 Å². The number of aromatic nitrogens is 3. The molecule has 0 saturated carbocycles. The number of hydrogen-bond acceptors (Lipinski definition) is 8. The van der Waals surface area contributed by atoms with Crippen LogP contribution < -0.4 is 10.6 Å². The molecule has 1 aliphatic rings. The number of rotatable bonds is 7. The van der Waals surface area contributed by atoms with Gasteiger partial charge in [0.25, 0.3) is 5.91 Å². The van der Waals surface area contributed by atoms with Crippen molar-refractivity contribution < 1.29 is 18.7 Å². The van der Waals surface area contributed by atoms with Crippen molar-refractivity contribution in [3.05, 3.63) is 82.4 Å². The Morgan fingerprint density at radius 3 is 2.82 bits per heavy atom. The predicted molar refractivity (Wildman–Crippen MR) is 142 cm³/mol. The van der Waals surface area contributed by atoms with E-state index in [2.05, 4.69) is 25.6 Å². The maximum atomic E-state index is 13.6. The summed E-state index contributed by atoms with van der Waals surface area (Å²) >= 11 is 1.46. The number of carbonyl (C=O) groups excluding carboxylic acids is 2. The average Bonchev–Trinajstić information content (AvgIpc) is 3.53. The van der Waals surface area contributed by atoms with Crippen LogP contribution in [-0.4, -0.2) is 51.0 Å². The fourth-order valence-corrected chi connectivity index (χ4v) is 5.28. The van der Waals surface area contributed by atoms with Gasteiger partial charge in [-0.3, -0.25) is 9.78 Å². The van der Waals surface area contributed by atoms with Gasteiger partial charge >= 0.3 is 6.09 Å². The number of anilines is 1. The lowest BCUT2D eigenvalue weighted by Crippen LogP contribution is -2.39. The molecule has 1 saturated heterocycles. The topological polar surface area (TPSA) is 109 Å². The quantitative estimate of drug-likeness (QED) is 0.349. The van der Waals surface area contributed by atoms with Gasteiger partial charge in [-0.15, -0.1) is 11.3 Å². The number of fused-ring (bicyclic) bond motifs is 1. The van der Waals surface area contributed by atoms with E-state index >= 15 is 0 Å². The van der Waals surface area contributed by atoms with Gasteiger partial charge in [0, 0.05) is 24.2 Å². The highest BCUT2D eigenvalue weighted by Crippen LogP contribution is 2.30. The monoisotopic (exact) mass is 534 g/mol. The summed E-state index contributed by atoms with van der Waals surface area (Å²) in [7, 11) is 0. The van der Waals surface area contributed by atoms with Crippen LogP contribution in [-0.2, 0) is 11.3 Å². The summed E-state index contributed by atoms with van der Waals surface area (Å²) in [6.45, 7) is 4.80. The highest BCUT2D eigenvalue weighted by atomic mass is 32.1. The first-order valence-electron chi connectivity index (χ1n) is 12.3. The van der Waals surface area contributed by atoms with E-state index in [1.807, 2.05) is 50.2 Å². The summed E-state index contributed by atoms with van der Waals surface area (Å²) in [6, 6.07) is 12.2. The highest BCUT2D eigenvalue weighted by Gasteiger charge is 2.31. The first kappa shape index (κ1) is 25.5. The minimum atomic E-state index is -0.515. The van der Waals surface area contributed by atoms with Gasteiger partial charge in [0.1, 0.15) is 12.4 Å². The Kier molecular flexibility index (Phi) is 7.45. The van der Waals surface area contributed by atoms with E-state index in [9.17, 15) is 14.0 Å². The molecule has 2 amide bonds. The van der Waals surface area contributed by atoms with E-state index in [0.717, 1.165) is 16.6 Å². The number of nitrogens with one attached hydrogen (secondary N) is 2. The molecular formula is C27H27FN6O3S. The van der Waals surface area contributed by atoms with Crippen molar-refractivity contribution in [1.29, 1.82) is 0 Å². The van der Waals surface area contributed by atoms with Crippen LogP contribution in [0.4, 0.5) is 15.1 Å². The van der Waals surface area contributed by atoms with E-state index in [0.29, 0.717) is 41.0 Å². The predicted octanol–water partition coefficient (Wildman–Crippen LogP) is 4.85. The number of halogens is 1. The SMILES string of the molecule is Cc1cc2nc(NC(C)c3cncc(F)c3)nc(C(=O)N3CC[C@H](NC(=O)OCc4ccccc4)C3)c2s1. The Bertz CT molecular complexity index is 1460. The van der Waals surface area contributed by atoms with E-state index in [1.54, 1.807) is 11.1 Å². The second kappa shape index (κ2) is 11.1. The molecule has 3 aromatic heterocycles. The van der Waals surface area contributed by atoms with Crippen molar-refractivity contribution in [2.75, 3.05) is 18.4 Å². The van der Waals surface area contributed by atoms with Gasteiger partial charge in [-0.2, -0.15) is 0 Å². The molecule has 5 rings (SSSR count). The largest absolute Gasteiger partial charge is 0.445 e. The molecule has 2 atom stereocenters. The van der Waals surface area contributed by atoms with Crippen molar-refractivity contribution in [2.45, 2.75) is 39.0 Å². The third kappa shape index (κ3) is 5.88. The number of amides is 2. The summed E-state index contributed by atoms with van der Waals surface area (Å²) in [5.41, 5.74) is 2.50. The fraction of sp³-hybridized carbons (Fsp3) is 0.296. The van der Waals surface area contributed by atoms with Crippen molar-refractivity contribution in [3.8, 4) is 0 Å². The molecular weight excluding hydrogens is 507 g/mol. The van der Waals surface area contributed by atoms with Crippen LogP contribution in [0.25, 0.3) is 10.2 Å². The van der Waals surface area contributed by atoms with E-state index in [-0.39, 0.29) is 30.5 Å². The average molecular weight is 535 g/mol. The van der Waals surface area contributed by atoms with Crippen LogP contribution in [0.3, 0.4) is 0 Å². The number of likely N-dealkylation sites (tertiary alicyclic amines) is 1. The lowest BCUT2D eigenvalue weighted by atomic mass is 10.1. The Balaban J connectivity index is 1.27. The molecule has 1 aliphatic heterocycles. The van der Waals surface area contributed by atoms with Gasteiger partial charge in [-0.05, 0) is 43.5 Å². The second-order valence-electron chi connectivity index (χ2n) is 9.21. The zero-order valence-corrected chi connectivity index (χ0v) is 21.8. The minimum Gasteiger partial charge on any atom is -0.445 e. The van der Waals surface area contributed by atoms with Crippen molar-refractivity contribution in [2.24, 2.45) is 0 Å². The van der Waals surface area contributed by atoms with E-state index in [1.165, 1.54) is 17.4 Å². The molecule has 0 spiro atoms. The van der Waals surface area contributed by atoms with Crippen LogP contribution in [0.1, 0.15) is 45.9 Å². The maximum Gasteiger partial charge on any atom is 0.407 e. The van der Waals surface area contributed by atoms with Crippen LogP contribution in [0.5, 0.6) is 0 Å². The third-order valence-corrected chi connectivity index (χ3v) is 7.33. The standard InChI is InChI=1S/C27H27FN6O3S/c1-16-10-22-24(38-16)23(33-26(32-22)30-17(2)19-11-20(28)13-29-12-19)25(35)34-9-8-21(14-34)31-27(36)37-15-18-6-4-3-5-7-18/h3-7,10-13,17,21H,8-9,14-15H2,1-2H3,(H,31,36)(H,30,32,33)/t17?,21-/m0/s1. The van der Waals surface area contributed by atoms with E-state index < -0.39 is 11.9 Å². The fourth-order valence-electron chi connectivity index (χ4n) is 4.34. The van der Waals surface area contributed by atoms with Crippen LogP contribution in [0.2, 0.25) is 0 Å². The van der Waals surface area contributed by atoms with Crippen molar-refractivity contribution in [1.82, 2.24) is 25.2 Å². The number of alkyl carbamates (subject to hydrolysis) is 1. The number of thiophene rings is 1. The number of hydrogen-bond donors (Lipinski definition) is 2. The first-order chi connectivity index (χ1) is 18.4. The number of carbonyl (C=O) groups is 2. The Labute approximate surface area is 223 Å². The molecule has 1 unspecified atom stereocenters. The van der Waals surface area contributed by atoms with Crippen molar-refractivity contribution in [3.63, 3.8) is 0 Å². The molecule has 38 heavy (non-hydrogen) atoms. The van der Waals surface area contributed by atoms with Gasteiger partial charge in [0.05, 0.1) is 28.5 Å². The number of aryl methyl sites for hydroxylation is 1. The zero-order chi connectivity index (χ0) is 26.6. The van der Waals surface area contributed by atoms with Gasteiger partial charge in [-0.25, -0.2) is 19.2 Å². The zero-order valence-electron chi connectivity index (χ0n) is 21.0. The number of benzene rings is 1. The van der Waals surface area contributed by atoms with Gasteiger partial charge < -0.3 is 20.3 Å². The Morgan fingerprint density at radius 2 is 2.03 bits per heavy atom. The smallest absolute Gasteiger partial charge is 0.407 e. The lowest BCUT2D eigenvalue weighted by molar-refractivity contribution is 0.0783. The Hall–Kier alpha value is -4.12. The first-order valence-corrected chi connectivity index (χ1v) is 13.1. The summed E-state index contributed by atoms with van der Waals surface area (Å²) in [6.07, 6.45) is 2.81. The highest BCUT2D eigenvalue weighted by molar-refractivity contribution is 7.19. The molecule has 9 nitrogen and oxygen atoms in total. The molecule has 4 heterocycles.